The van der Waals surface area contributed by atoms with E-state index in [-0.39, 0.29) is 12.0 Å². The summed E-state index contributed by atoms with van der Waals surface area (Å²) in [5, 5.41) is 9.93. The molecule has 0 amide bonds. The van der Waals surface area contributed by atoms with E-state index in [2.05, 4.69) is 13.1 Å². The molecule has 0 radical (unpaired) electrons. The number of aromatic amines is 1. The van der Waals surface area contributed by atoms with Crippen molar-refractivity contribution in [1.82, 2.24) is 9.55 Å². The summed E-state index contributed by atoms with van der Waals surface area (Å²) in [7, 11) is -18.0. The predicted octanol–water partition coefficient (Wildman–Crippen LogP) is -3.69. The van der Waals surface area contributed by atoms with Crippen LogP contribution in [-0.2, 0) is 31.6 Å². The van der Waals surface area contributed by atoms with Crippen LogP contribution in [0.3, 0.4) is 0 Å². The van der Waals surface area contributed by atoms with Crippen LogP contribution in [0.5, 0.6) is 0 Å². The van der Waals surface area contributed by atoms with Crippen molar-refractivity contribution < 1.29 is 56.3 Å². The van der Waals surface area contributed by atoms with E-state index in [1.807, 2.05) is 4.98 Å². The molecule has 2 heterocycles. The number of phosphoric ester groups is 1. The van der Waals surface area contributed by atoms with E-state index in [1.54, 1.807) is 0 Å². The Bertz CT molecular complexity index is 1010. The summed E-state index contributed by atoms with van der Waals surface area (Å²) in [6.45, 7) is 0.402. The summed E-state index contributed by atoms with van der Waals surface area (Å²) >= 11 is 0. The molecular weight excluding hydrogens is 465 g/mol. The molecule has 1 aliphatic rings. The van der Waals surface area contributed by atoms with Crippen LogP contribution in [-0.4, -0.2) is 33.5 Å². The van der Waals surface area contributed by atoms with Crippen molar-refractivity contribution in [2.75, 3.05) is 6.61 Å². The monoisotopic (exact) mass is 478 g/mol. The summed E-state index contributed by atoms with van der Waals surface area (Å²) in [6.07, 6.45) is -2.95. The number of aryl methyl sites for hydroxylation is 1. The van der Waals surface area contributed by atoms with Crippen molar-refractivity contribution in [3.63, 3.8) is 0 Å². The van der Waals surface area contributed by atoms with E-state index in [9.17, 15) is 48.0 Å². The molecule has 1 aromatic rings. The molecule has 5 atom stereocenters. The van der Waals surface area contributed by atoms with Crippen molar-refractivity contribution in [2.24, 2.45) is 0 Å². The first kappa shape index (κ1) is 24.3. The lowest BCUT2D eigenvalue weighted by Crippen LogP contribution is -2.33. The van der Waals surface area contributed by atoms with Gasteiger partial charge in [-0.2, -0.15) is 0 Å². The molecule has 166 valence electrons. The molecule has 3 unspecified atom stereocenters. The Labute approximate surface area is 161 Å². The van der Waals surface area contributed by atoms with Gasteiger partial charge in [-0.1, -0.05) is 0 Å². The topological polar surface area (TPSA) is 255 Å². The summed E-state index contributed by atoms with van der Waals surface area (Å²) in [5.41, 5.74) is -1.35. The van der Waals surface area contributed by atoms with Gasteiger partial charge in [0.2, 0.25) is 0 Å². The Hall–Kier alpha value is -0.990. The van der Waals surface area contributed by atoms with Gasteiger partial charge in [0.15, 0.2) is 0 Å². The zero-order chi connectivity index (χ0) is 22.2. The molecule has 16 nitrogen and oxygen atoms in total. The fourth-order valence-corrected chi connectivity index (χ4v) is 5.15. The van der Waals surface area contributed by atoms with Gasteiger partial charge < -0.3 is 38.5 Å². The third-order valence-electron chi connectivity index (χ3n) is 3.46. The fraction of sp³-hybridized carbons (Fsp3) is 0.600. The molecule has 29 heavy (non-hydrogen) atoms. The van der Waals surface area contributed by atoms with Crippen molar-refractivity contribution >= 4 is 23.5 Å². The molecule has 1 saturated heterocycles. The zero-order valence-corrected chi connectivity index (χ0v) is 17.0. The van der Waals surface area contributed by atoms with Gasteiger partial charge in [-0.15, -0.1) is 0 Å². The number of hydrogen-bond donors (Lipinski definition) is 2. The van der Waals surface area contributed by atoms with Crippen LogP contribution in [0.4, 0.5) is 0 Å². The lowest BCUT2D eigenvalue weighted by Gasteiger charge is -2.37. The van der Waals surface area contributed by atoms with Crippen molar-refractivity contribution in [2.45, 2.75) is 31.8 Å². The summed E-state index contributed by atoms with van der Waals surface area (Å²) < 4.78 is 49.6. The zero-order valence-electron chi connectivity index (χ0n) is 14.3. The lowest BCUT2D eigenvalue weighted by atomic mass is 10.2. The Balaban J connectivity index is 2.03. The molecule has 0 saturated carbocycles. The minimum atomic E-state index is -6.12. The first-order valence-electron chi connectivity index (χ1n) is 7.45. The number of H-pyrrole nitrogens is 1. The molecule has 0 bridgehead atoms. The van der Waals surface area contributed by atoms with Crippen molar-refractivity contribution in [1.29, 1.82) is 0 Å². The van der Waals surface area contributed by atoms with Crippen LogP contribution < -0.4 is 30.8 Å². The van der Waals surface area contributed by atoms with E-state index in [4.69, 9.17) is 4.74 Å². The van der Waals surface area contributed by atoms with Crippen LogP contribution in [0, 0.1) is 6.92 Å². The maximum Gasteiger partial charge on any atom is 0.330 e. The van der Waals surface area contributed by atoms with Gasteiger partial charge in [0, 0.05) is 18.2 Å². The SMILES string of the molecule is Cc1cn([C@H]2CC(O)[C@@H](COP(=O)([O-])OP(=O)([O-])OP(=O)([O-])[O-])O2)c(=O)[nH]c1=O. The number of aliphatic hydroxyl groups excluding tert-OH is 1. The molecular formula is C10H13N2O14P3-4. The van der Waals surface area contributed by atoms with E-state index in [0.29, 0.717) is 0 Å². The van der Waals surface area contributed by atoms with Crippen LogP contribution in [0.2, 0.25) is 0 Å². The number of rotatable bonds is 8. The number of nitrogens with zero attached hydrogens (tertiary/aromatic N) is 1. The lowest BCUT2D eigenvalue weighted by molar-refractivity contribution is -0.339. The molecule has 1 fully saturated rings. The molecule has 2 N–H and O–H groups in total. The largest absolute Gasteiger partial charge is 0.790 e. The number of aliphatic hydroxyl groups is 1. The second-order valence-corrected chi connectivity index (χ2v) is 9.96. The molecule has 1 aliphatic heterocycles. The second-order valence-electron chi connectivity index (χ2n) is 5.71. The van der Waals surface area contributed by atoms with Crippen LogP contribution in [0.15, 0.2) is 15.8 Å². The number of ether oxygens (including phenoxy) is 1. The highest BCUT2D eigenvalue weighted by Crippen LogP contribution is 2.60. The Kier molecular flexibility index (Phi) is 7.23. The van der Waals surface area contributed by atoms with Gasteiger partial charge in [-0.3, -0.25) is 27.8 Å². The third kappa shape index (κ3) is 7.03. The molecule has 2 rings (SSSR count). The minimum absolute atomic E-state index is 0.153. The number of hydrogen-bond acceptors (Lipinski definition) is 14. The van der Waals surface area contributed by atoms with E-state index < -0.39 is 59.8 Å². The third-order valence-corrected chi connectivity index (χ3v) is 7.12. The summed E-state index contributed by atoms with van der Waals surface area (Å²) in [6, 6.07) is 0. The van der Waals surface area contributed by atoms with Crippen LogP contribution >= 0.6 is 23.5 Å². The normalized spacial score (nSPS) is 26.8. The van der Waals surface area contributed by atoms with Gasteiger partial charge >= 0.3 is 5.69 Å². The average molecular weight is 478 g/mol. The number of phosphoric acid groups is 3. The number of aromatic nitrogens is 2. The van der Waals surface area contributed by atoms with Crippen molar-refractivity contribution in [3.05, 3.63) is 32.6 Å². The highest BCUT2D eigenvalue weighted by molar-refractivity contribution is 7.64. The Morgan fingerprint density at radius 3 is 2.41 bits per heavy atom. The first-order chi connectivity index (χ1) is 13.1. The second kappa shape index (κ2) is 8.63. The highest BCUT2D eigenvalue weighted by atomic mass is 31.3. The van der Waals surface area contributed by atoms with Gasteiger partial charge in [0.1, 0.15) is 12.3 Å². The molecule has 0 aliphatic carbocycles. The maximum absolute atomic E-state index is 11.8. The summed E-state index contributed by atoms with van der Waals surface area (Å²) in [4.78, 5) is 68.3. The summed E-state index contributed by atoms with van der Waals surface area (Å²) in [5.74, 6) is 0. The molecule has 1 aromatic heterocycles. The smallest absolute Gasteiger partial charge is 0.330 e. The number of nitrogens with one attached hydrogen (secondary N) is 1. The quantitative estimate of drug-likeness (QED) is 0.341. The van der Waals surface area contributed by atoms with E-state index in [0.717, 1.165) is 10.8 Å². The molecule has 19 heteroatoms. The Morgan fingerprint density at radius 2 is 1.83 bits per heavy atom. The molecule has 0 spiro atoms. The first-order valence-corrected chi connectivity index (χ1v) is 11.8. The van der Waals surface area contributed by atoms with Crippen LogP contribution in [0.25, 0.3) is 0 Å². The van der Waals surface area contributed by atoms with Gasteiger partial charge in [-0.05, 0) is 6.92 Å². The van der Waals surface area contributed by atoms with E-state index >= 15 is 0 Å². The van der Waals surface area contributed by atoms with Crippen LogP contribution in [0.1, 0.15) is 18.2 Å². The fourth-order valence-electron chi connectivity index (χ4n) is 2.28. The standard InChI is InChI=1S/C10H17N2O14P3/c1-5-3-12(10(15)11-9(5)14)8-2-6(13)7(24-8)4-23-28(19,20)26-29(21,22)25-27(16,17)18/h3,6-8,13H,2,4H2,1H3,(H,19,20)(H,21,22)(H,11,14,15)(H2,16,17,18)/p-4/t6?,7-,8-/m1/s1. The average Bonchev–Trinajstić information content (AvgIpc) is 2.86. The minimum Gasteiger partial charge on any atom is -0.790 e. The van der Waals surface area contributed by atoms with Crippen molar-refractivity contribution in [3.8, 4) is 0 Å². The van der Waals surface area contributed by atoms with Gasteiger partial charge in [0.05, 0.1) is 20.5 Å². The highest BCUT2D eigenvalue weighted by Gasteiger charge is 2.37. The van der Waals surface area contributed by atoms with E-state index in [1.165, 1.54) is 6.92 Å². The van der Waals surface area contributed by atoms with Gasteiger partial charge in [-0.25, -0.2) is 9.11 Å². The molecule has 0 aromatic carbocycles. The maximum atomic E-state index is 11.8. The predicted molar refractivity (Wildman–Crippen MR) is 81.5 cm³/mol. The Morgan fingerprint density at radius 1 is 1.21 bits per heavy atom. The van der Waals surface area contributed by atoms with Gasteiger partial charge in [0.25, 0.3) is 21.2 Å².